The van der Waals surface area contributed by atoms with Crippen LogP contribution in [0.5, 0.6) is 0 Å². The average Bonchev–Trinajstić information content (AvgIpc) is 2.54. The summed E-state index contributed by atoms with van der Waals surface area (Å²) in [5.41, 5.74) is 0. The highest BCUT2D eigenvalue weighted by Gasteiger charge is 1.95. The zero-order chi connectivity index (χ0) is 17.5. The Labute approximate surface area is 144 Å². The Morgan fingerprint density at radius 2 is 1.35 bits per heavy atom. The SMILES string of the molecule is C.CCC(O)CCO.CCOCCCOC.CCOCCOC. The molecule has 0 amide bonds. The van der Waals surface area contributed by atoms with Crippen LogP contribution in [0.15, 0.2) is 0 Å². The predicted molar refractivity (Wildman–Crippen MR) is 96.1 cm³/mol. The first-order chi connectivity index (χ1) is 10.6. The second kappa shape index (κ2) is 33.4. The number of hydrogen-bond acceptors (Lipinski definition) is 6. The summed E-state index contributed by atoms with van der Waals surface area (Å²) in [6, 6.07) is 0. The van der Waals surface area contributed by atoms with Gasteiger partial charge in [-0.05, 0) is 33.1 Å². The quantitative estimate of drug-likeness (QED) is 0.531. The van der Waals surface area contributed by atoms with Crippen molar-refractivity contribution in [2.75, 3.05) is 60.5 Å². The standard InChI is InChI=1S/C6H14O2.2C5H12O2.CH4/c1-3-8-6-4-5-7-2;1-3-7-5-4-6-2;1-2-5(7)3-4-6;/h3-6H2,1-2H3;3-5H2,1-2H3;5-7H,2-4H2,1H3;1H4. The summed E-state index contributed by atoms with van der Waals surface area (Å²) in [5.74, 6) is 0. The second-order valence-corrected chi connectivity index (χ2v) is 4.31. The highest BCUT2D eigenvalue weighted by Crippen LogP contribution is 1.92. The van der Waals surface area contributed by atoms with Crippen LogP contribution in [0.3, 0.4) is 0 Å². The Morgan fingerprint density at radius 1 is 0.826 bits per heavy atom. The molecule has 0 spiro atoms. The first kappa shape index (κ1) is 30.6. The van der Waals surface area contributed by atoms with Gasteiger partial charge in [-0.1, -0.05) is 14.4 Å². The van der Waals surface area contributed by atoms with Crippen molar-refractivity contribution in [3.8, 4) is 0 Å². The molecule has 6 heteroatoms. The number of ether oxygens (including phenoxy) is 4. The number of methoxy groups -OCH3 is 2. The van der Waals surface area contributed by atoms with E-state index in [4.69, 9.17) is 29.2 Å². The fourth-order valence-electron chi connectivity index (χ4n) is 1.09. The zero-order valence-electron chi connectivity index (χ0n) is 15.2. The molecule has 0 saturated heterocycles. The van der Waals surface area contributed by atoms with E-state index in [1.54, 1.807) is 14.2 Å². The molecule has 0 aromatic carbocycles. The van der Waals surface area contributed by atoms with Crippen LogP contribution in [0.2, 0.25) is 0 Å². The number of hydrogen-bond donors (Lipinski definition) is 2. The van der Waals surface area contributed by atoms with E-state index in [1.165, 1.54) is 0 Å². The van der Waals surface area contributed by atoms with Crippen LogP contribution in [-0.4, -0.2) is 76.8 Å². The van der Waals surface area contributed by atoms with E-state index >= 15 is 0 Å². The first-order valence-corrected chi connectivity index (χ1v) is 8.06. The van der Waals surface area contributed by atoms with Crippen molar-refractivity contribution < 1.29 is 29.2 Å². The van der Waals surface area contributed by atoms with Crippen molar-refractivity contribution in [3.63, 3.8) is 0 Å². The molecule has 0 radical (unpaired) electrons. The van der Waals surface area contributed by atoms with E-state index in [2.05, 4.69) is 0 Å². The molecule has 23 heavy (non-hydrogen) atoms. The molecule has 2 N–H and O–H groups in total. The van der Waals surface area contributed by atoms with Crippen LogP contribution in [0.25, 0.3) is 0 Å². The van der Waals surface area contributed by atoms with Gasteiger partial charge in [0, 0.05) is 47.3 Å². The van der Waals surface area contributed by atoms with E-state index in [9.17, 15) is 0 Å². The third-order valence-corrected chi connectivity index (χ3v) is 2.41. The molecule has 0 aromatic heterocycles. The van der Waals surface area contributed by atoms with E-state index in [-0.39, 0.29) is 20.1 Å². The van der Waals surface area contributed by atoms with Gasteiger partial charge < -0.3 is 29.2 Å². The molecule has 0 bridgehead atoms. The van der Waals surface area contributed by atoms with E-state index < -0.39 is 0 Å². The van der Waals surface area contributed by atoms with Gasteiger partial charge in [0.1, 0.15) is 0 Å². The number of aliphatic hydroxyl groups excluding tert-OH is 2. The minimum Gasteiger partial charge on any atom is -0.396 e. The number of aliphatic hydroxyl groups is 2. The highest BCUT2D eigenvalue weighted by atomic mass is 16.5. The van der Waals surface area contributed by atoms with Gasteiger partial charge in [-0.3, -0.25) is 0 Å². The van der Waals surface area contributed by atoms with Crippen molar-refractivity contribution in [1.82, 2.24) is 0 Å². The molecule has 0 saturated carbocycles. The van der Waals surface area contributed by atoms with Crippen molar-refractivity contribution in [1.29, 1.82) is 0 Å². The molecule has 0 aromatic rings. The van der Waals surface area contributed by atoms with E-state index in [1.807, 2.05) is 20.8 Å². The summed E-state index contributed by atoms with van der Waals surface area (Å²) >= 11 is 0. The van der Waals surface area contributed by atoms with Gasteiger partial charge in [0.2, 0.25) is 0 Å². The van der Waals surface area contributed by atoms with Crippen LogP contribution in [0, 0.1) is 0 Å². The third kappa shape index (κ3) is 44.9. The Kier molecular flexibility index (Phi) is 44.4. The van der Waals surface area contributed by atoms with Gasteiger partial charge in [-0.15, -0.1) is 0 Å². The summed E-state index contributed by atoms with van der Waals surface area (Å²) in [5, 5.41) is 16.9. The molecule has 0 aliphatic carbocycles. The molecule has 146 valence electrons. The third-order valence-electron chi connectivity index (χ3n) is 2.41. The predicted octanol–water partition coefficient (Wildman–Crippen LogP) is 2.50. The minimum atomic E-state index is -0.301. The maximum Gasteiger partial charge on any atom is 0.0700 e. The van der Waals surface area contributed by atoms with Gasteiger partial charge in [-0.25, -0.2) is 0 Å². The topological polar surface area (TPSA) is 77.4 Å². The van der Waals surface area contributed by atoms with Crippen LogP contribution in [0.4, 0.5) is 0 Å². The van der Waals surface area contributed by atoms with Gasteiger partial charge >= 0.3 is 0 Å². The zero-order valence-corrected chi connectivity index (χ0v) is 15.2. The summed E-state index contributed by atoms with van der Waals surface area (Å²) in [6.45, 7) is 10.6. The Balaban J connectivity index is -0.000000116. The fraction of sp³-hybridized carbons (Fsp3) is 1.00. The molecule has 1 unspecified atom stereocenters. The second-order valence-electron chi connectivity index (χ2n) is 4.31. The molecule has 0 fully saturated rings. The minimum absolute atomic E-state index is 0. The lowest BCUT2D eigenvalue weighted by Gasteiger charge is -2.01. The highest BCUT2D eigenvalue weighted by molar-refractivity contribution is 4.48. The summed E-state index contributed by atoms with van der Waals surface area (Å²) < 4.78 is 19.5. The molecule has 6 nitrogen and oxygen atoms in total. The Morgan fingerprint density at radius 3 is 1.70 bits per heavy atom. The summed E-state index contributed by atoms with van der Waals surface area (Å²) in [6.07, 6.45) is 1.95. The van der Waals surface area contributed by atoms with Gasteiger partial charge in [0.25, 0.3) is 0 Å². The van der Waals surface area contributed by atoms with Crippen LogP contribution in [0.1, 0.15) is 47.5 Å². The van der Waals surface area contributed by atoms with Gasteiger partial charge in [0.05, 0.1) is 19.3 Å². The van der Waals surface area contributed by atoms with Crippen molar-refractivity contribution in [3.05, 3.63) is 0 Å². The maximum atomic E-state index is 8.70. The number of rotatable bonds is 12. The normalized spacial score (nSPS) is 10.6. The smallest absolute Gasteiger partial charge is 0.0700 e. The van der Waals surface area contributed by atoms with E-state index in [0.29, 0.717) is 19.6 Å². The molecular formula is C17H42O6. The summed E-state index contributed by atoms with van der Waals surface area (Å²) in [4.78, 5) is 0. The maximum absolute atomic E-state index is 8.70. The van der Waals surface area contributed by atoms with Crippen LogP contribution < -0.4 is 0 Å². The Hall–Kier alpha value is -0.240. The monoisotopic (exact) mass is 342 g/mol. The molecule has 0 heterocycles. The average molecular weight is 343 g/mol. The lowest BCUT2D eigenvalue weighted by atomic mass is 10.2. The van der Waals surface area contributed by atoms with Crippen molar-refractivity contribution >= 4 is 0 Å². The van der Waals surface area contributed by atoms with Crippen LogP contribution in [-0.2, 0) is 18.9 Å². The Bertz CT molecular complexity index is 148. The van der Waals surface area contributed by atoms with Crippen molar-refractivity contribution in [2.45, 2.75) is 53.6 Å². The van der Waals surface area contributed by atoms with E-state index in [0.717, 1.165) is 39.3 Å². The molecule has 0 aliphatic rings. The lowest BCUT2D eigenvalue weighted by Crippen LogP contribution is -2.05. The fourth-order valence-corrected chi connectivity index (χ4v) is 1.09. The lowest BCUT2D eigenvalue weighted by molar-refractivity contribution is 0.0777. The molecule has 1 atom stereocenters. The molecule has 0 rings (SSSR count). The van der Waals surface area contributed by atoms with Crippen LogP contribution >= 0.6 is 0 Å². The largest absolute Gasteiger partial charge is 0.396 e. The molecular weight excluding hydrogens is 300 g/mol. The van der Waals surface area contributed by atoms with Gasteiger partial charge in [0.15, 0.2) is 0 Å². The van der Waals surface area contributed by atoms with Gasteiger partial charge in [-0.2, -0.15) is 0 Å². The van der Waals surface area contributed by atoms with Crippen molar-refractivity contribution in [2.24, 2.45) is 0 Å². The first-order valence-electron chi connectivity index (χ1n) is 8.06. The molecule has 0 aliphatic heterocycles. The summed E-state index contributed by atoms with van der Waals surface area (Å²) in [7, 11) is 3.37.